The van der Waals surface area contributed by atoms with Crippen molar-refractivity contribution in [3.05, 3.63) is 0 Å². The van der Waals surface area contributed by atoms with Crippen LogP contribution in [0.25, 0.3) is 0 Å². The third-order valence-electron chi connectivity index (χ3n) is 16.0. The molecule has 1 heterocycles. The number of carbonyl (C=O) groups is 2. The molecule has 0 radical (unpaired) electrons. The Morgan fingerprint density at radius 3 is 1.39 bits per heavy atom. The molecule has 0 aromatic rings. The summed E-state index contributed by atoms with van der Waals surface area (Å²) in [5, 5.41) is 0. The highest BCUT2D eigenvalue weighted by Gasteiger charge is 2.68. The number of halogens is 2. The average molecular weight is 687 g/mol. The first-order valence-corrected chi connectivity index (χ1v) is 20.1. The number of alkyl halides is 2. The van der Waals surface area contributed by atoms with Crippen molar-refractivity contribution in [1.82, 2.24) is 0 Å². The number of carbonyl (C=O) groups excluding carboxylic acids is 2. The van der Waals surface area contributed by atoms with Gasteiger partial charge >= 0.3 is 11.9 Å². The molecule has 0 aromatic heterocycles. The highest BCUT2D eigenvalue weighted by Crippen LogP contribution is 2.67. The maximum atomic E-state index is 13.9. The van der Waals surface area contributed by atoms with Crippen LogP contribution in [0.5, 0.6) is 0 Å². The van der Waals surface area contributed by atoms with Crippen LogP contribution in [0.15, 0.2) is 0 Å². The van der Waals surface area contributed by atoms with Crippen molar-refractivity contribution >= 4 is 11.9 Å². The third-order valence-corrected chi connectivity index (χ3v) is 16.0. The van der Waals surface area contributed by atoms with Crippen LogP contribution in [0.2, 0.25) is 0 Å². The lowest BCUT2D eigenvalue weighted by Crippen LogP contribution is -2.63. The molecule has 12 aliphatic carbocycles. The molecule has 12 saturated carbocycles. The number of esters is 2. The van der Waals surface area contributed by atoms with Crippen LogP contribution in [-0.4, -0.2) is 62.3 Å². The van der Waals surface area contributed by atoms with Gasteiger partial charge in [-0.2, -0.15) is 0 Å². The molecule has 1 aliphatic heterocycles. The Hall–Kier alpha value is -1.32. The van der Waals surface area contributed by atoms with E-state index in [2.05, 4.69) is 0 Å². The van der Waals surface area contributed by atoms with Gasteiger partial charge in [0.25, 0.3) is 5.92 Å². The molecule has 0 aromatic carbocycles. The SMILES string of the molecule is CC(F)(F)COCC12CC3CC(C1)C1(OC(COC(=O)C45CC6CC(CC(C6)C4)C5)C(COC(=O)C45CC6CC(CC(C6)C4)C5)O1)C(C3)C2. The molecule has 12 bridgehead atoms. The zero-order chi connectivity index (χ0) is 33.4. The summed E-state index contributed by atoms with van der Waals surface area (Å²) in [6.45, 7) is 0.929. The zero-order valence-electron chi connectivity index (χ0n) is 29.3. The minimum atomic E-state index is -2.84. The molecule has 13 fully saturated rings. The molecule has 1 saturated heterocycles. The van der Waals surface area contributed by atoms with E-state index < -0.39 is 30.5 Å². The fourth-order valence-corrected chi connectivity index (χ4v) is 15.4. The molecule has 13 rings (SSSR count). The fraction of sp³-hybridized carbons (Fsp3) is 0.950. The van der Waals surface area contributed by atoms with Crippen molar-refractivity contribution in [2.75, 3.05) is 26.4 Å². The van der Waals surface area contributed by atoms with Gasteiger partial charge in [0.1, 0.15) is 32.0 Å². The van der Waals surface area contributed by atoms with E-state index in [1.807, 2.05) is 0 Å². The minimum absolute atomic E-state index is 0.0608. The van der Waals surface area contributed by atoms with Gasteiger partial charge in [-0.05, 0) is 156 Å². The molecule has 4 unspecified atom stereocenters. The maximum Gasteiger partial charge on any atom is 0.312 e. The highest BCUT2D eigenvalue weighted by molar-refractivity contribution is 5.78. The lowest BCUT2D eigenvalue weighted by atomic mass is 9.47. The first kappa shape index (κ1) is 32.3. The lowest BCUT2D eigenvalue weighted by molar-refractivity contribution is -0.318. The van der Waals surface area contributed by atoms with E-state index >= 15 is 0 Å². The molecular formula is C40H56F2O7. The monoisotopic (exact) mass is 686 g/mol. The largest absolute Gasteiger partial charge is 0.462 e. The predicted octanol–water partition coefficient (Wildman–Crippen LogP) is 7.48. The lowest BCUT2D eigenvalue weighted by Gasteiger charge is -2.63. The second-order valence-corrected chi connectivity index (χ2v) is 20.0. The van der Waals surface area contributed by atoms with Gasteiger partial charge in [0.15, 0.2) is 5.79 Å². The Morgan fingerprint density at radius 2 is 1.00 bits per heavy atom. The normalized spacial score (nSPS) is 52.8. The van der Waals surface area contributed by atoms with E-state index in [1.54, 1.807) is 0 Å². The number of rotatable bonds is 10. The van der Waals surface area contributed by atoms with E-state index in [4.69, 9.17) is 23.7 Å². The van der Waals surface area contributed by atoms with Gasteiger partial charge in [0, 0.05) is 18.8 Å². The molecular weight excluding hydrogens is 630 g/mol. The Balaban J connectivity index is 0.863. The van der Waals surface area contributed by atoms with Crippen LogP contribution in [-0.2, 0) is 33.3 Å². The van der Waals surface area contributed by atoms with Crippen molar-refractivity contribution in [3.63, 3.8) is 0 Å². The van der Waals surface area contributed by atoms with E-state index in [0.29, 0.717) is 48.0 Å². The standard InChI is InChI=1S/C40H56F2O7/c1-36(41,42)21-45-22-37-10-29-8-30(17-37)40(31(9-29)18-37)48-32(19-46-34(43)38-11-23-2-24(12-38)4-25(3-23)13-38)33(49-40)20-47-35(44)39-14-26-5-27(15-39)7-28(6-26)16-39/h23-33H,2-22H2,1H3. The van der Waals surface area contributed by atoms with Crippen molar-refractivity contribution in [2.45, 2.75) is 140 Å². The van der Waals surface area contributed by atoms with Gasteiger partial charge in [-0.25, -0.2) is 8.78 Å². The summed E-state index contributed by atoms with van der Waals surface area (Å²) in [5.41, 5.74) is -0.837. The Labute approximate surface area is 289 Å². The van der Waals surface area contributed by atoms with Gasteiger partial charge in [-0.3, -0.25) is 9.59 Å². The maximum absolute atomic E-state index is 13.9. The van der Waals surface area contributed by atoms with Crippen molar-refractivity contribution in [2.24, 2.45) is 69.5 Å². The van der Waals surface area contributed by atoms with Crippen LogP contribution < -0.4 is 0 Å². The van der Waals surface area contributed by atoms with Gasteiger partial charge < -0.3 is 23.7 Å². The molecule has 272 valence electrons. The van der Waals surface area contributed by atoms with Gasteiger partial charge in [0.2, 0.25) is 0 Å². The smallest absolute Gasteiger partial charge is 0.312 e. The number of hydrogen-bond donors (Lipinski definition) is 0. The van der Waals surface area contributed by atoms with E-state index in [9.17, 15) is 18.4 Å². The Kier molecular flexibility index (Phi) is 7.33. The molecule has 4 atom stereocenters. The minimum Gasteiger partial charge on any atom is -0.462 e. The molecule has 0 N–H and O–H groups in total. The van der Waals surface area contributed by atoms with Gasteiger partial charge in [-0.1, -0.05) is 0 Å². The molecule has 7 nitrogen and oxygen atoms in total. The van der Waals surface area contributed by atoms with Crippen molar-refractivity contribution < 1.29 is 42.1 Å². The van der Waals surface area contributed by atoms with Crippen LogP contribution in [0.4, 0.5) is 8.78 Å². The van der Waals surface area contributed by atoms with E-state index in [1.165, 1.54) is 38.5 Å². The van der Waals surface area contributed by atoms with Gasteiger partial charge in [0.05, 0.1) is 17.4 Å². The average Bonchev–Trinajstić information content (AvgIpc) is 3.38. The highest BCUT2D eigenvalue weighted by atomic mass is 19.3. The van der Waals surface area contributed by atoms with Gasteiger partial charge in [-0.15, -0.1) is 0 Å². The second-order valence-electron chi connectivity index (χ2n) is 20.0. The summed E-state index contributed by atoms with van der Waals surface area (Å²) in [6.07, 6.45) is 16.9. The summed E-state index contributed by atoms with van der Waals surface area (Å²) < 4.78 is 59.6. The first-order chi connectivity index (χ1) is 23.4. The predicted molar refractivity (Wildman–Crippen MR) is 173 cm³/mol. The van der Waals surface area contributed by atoms with Crippen LogP contribution in [0.3, 0.4) is 0 Å². The summed E-state index contributed by atoms with van der Waals surface area (Å²) in [5.74, 6) is 0.823. The molecule has 0 amide bonds. The summed E-state index contributed by atoms with van der Waals surface area (Å²) >= 11 is 0. The van der Waals surface area contributed by atoms with E-state index in [0.717, 1.165) is 77.6 Å². The molecule has 1 spiro atoms. The fourth-order valence-electron chi connectivity index (χ4n) is 15.4. The molecule has 13 aliphatic rings. The van der Waals surface area contributed by atoms with Crippen LogP contribution in [0.1, 0.15) is 116 Å². The quantitative estimate of drug-likeness (QED) is 0.221. The number of hydrogen-bond acceptors (Lipinski definition) is 7. The van der Waals surface area contributed by atoms with Crippen molar-refractivity contribution in [3.8, 4) is 0 Å². The molecule has 49 heavy (non-hydrogen) atoms. The summed E-state index contributed by atoms with van der Waals surface area (Å²) in [7, 11) is 0. The van der Waals surface area contributed by atoms with Crippen LogP contribution in [0, 0.1) is 69.5 Å². The number of ether oxygens (including phenoxy) is 5. The summed E-state index contributed by atoms with van der Waals surface area (Å²) in [4.78, 5) is 27.9. The zero-order valence-corrected chi connectivity index (χ0v) is 29.3. The van der Waals surface area contributed by atoms with E-state index in [-0.39, 0.29) is 53.2 Å². The second kappa shape index (κ2) is 11.1. The van der Waals surface area contributed by atoms with Crippen LogP contribution >= 0.6 is 0 Å². The Morgan fingerprint density at radius 1 is 0.612 bits per heavy atom. The Bertz CT molecular complexity index is 1200. The third kappa shape index (κ3) is 5.37. The molecule has 9 heteroatoms. The van der Waals surface area contributed by atoms with Crippen molar-refractivity contribution in [1.29, 1.82) is 0 Å². The topological polar surface area (TPSA) is 80.3 Å². The summed E-state index contributed by atoms with van der Waals surface area (Å²) in [6, 6.07) is 0. The first-order valence-electron chi connectivity index (χ1n) is 20.1.